The summed E-state index contributed by atoms with van der Waals surface area (Å²) in [7, 11) is 1.27. The minimum absolute atomic E-state index is 0.190. The number of halogens is 1. The van der Waals surface area contributed by atoms with Crippen LogP contribution in [0.2, 0.25) is 5.02 Å². The molecule has 2 amide bonds. The third kappa shape index (κ3) is 8.66. The van der Waals surface area contributed by atoms with Crippen LogP contribution in [0.4, 0.5) is 4.79 Å². The topological polar surface area (TPSA) is 164 Å². The van der Waals surface area contributed by atoms with Crippen molar-refractivity contribution in [1.29, 1.82) is 5.26 Å². The highest BCUT2D eigenvalue weighted by molar-refractivity contribution is 6.30. The zero-order valence-electron chi connectivity index (χ0n) is 24.8. The van der Waals surface area contributed by atoms with Crippen LogP contribution in [-0.2, 0) is 16.1 Å². The van der Waals surface area contributed by atoms with E-state index in [1.165, 1.54) is 13.3 Å². The highest BCUT2D eigenvalue weighted by Crippen LogP contribution is 2.35. The zero-order valence-corrected chi connectivity index (χ0v) is 25.6. The average molecular weight is 634 g/mol. The van der Waals surface area contributed by atoms with E-state index in [1.807, 2.05) is 12.1 Å². The molecular weight excluding hydrogens is 602 g/mol. The molecule has 3 aromatic carbocycles. The monoisotopic (exact) mass is 633 g/mol. The molecule has 45 heavy (non-hydrogen) atoms. The molecule has 0 fully saturated rings. The molecule has 0 aliphatic carbocycles. The van der Waals surface area contributed by atoms with Gasteiger partial charge < -0.3 is 34.7 Å². The normalized spacial score (nSPS) is 15.0. The highest BCUT2D eigenvalue weighted by atomic mass is 35.5. The molecule has 2 atom stereocenters. The second-order valence-electron chi connectivity index (χ2n) is 9.69. The fourth-order valence-electron chi connectivity index (χ4n) is 4.40. The molecule has 1 aliphatic rings. The summed E-state index contributed by atoms with van der Waals surface area (Å²) in [6.07, 6.45) is 0.267. The van der Waals surface area contributed by atoms with Crippen LogP contribution < -0.4 is 30.3 Å². The van der Waals surface area contributed by atoms with Crippen LogP contribution in [0.3, 0.4) is 0 Å². The lowest BCUT2D eigenvalue weighted by molar-refractivity contribution is -0.136. The first-order chi connectivity index (χ1) is 21.7. The van der Waals surface area contributed by atoms with Crippen LogP contribution in [0.25, 0.3) is 0 Å². The lowest BCUT2D eigenvalue weighted by Crippen LogP contribution is -2.45. The van der Waals surface area contributed by atoms with Crippen LogP contribution >= 0.6 is 11.6 Å². The summed E-state index contributed by atoms with van der Waals surface area (Å²) in [5.74, 6) is 0.621. The van der Waals surface area contributed by atoms with Crippen molar-refractivity contribution < 1.29 is 33.6 Å². The zero-order chi connectivity index (χ0) is 32.3. The van der Waals surface area contributed by atoms with Crippen molar-refractivity contribution in [2.24, 2.45) is 5.10 Å². The molecule has 0 spiro atoms. The Kier molecular flexibility index (Phi) is 11.2. The Morgan fingerprint density at radius 2 is 1.87 bits per heavy atom. The number of benzene rings is 3. The van der Waals surface area contributed by atoms with Gasteiger partial charge in [0, 0.05) is 16.3 Å². The van der Waals surface area contributed by atoms with Gasteiger partial charge in [-0.15, -0.1) is 0 Å². The van der Waals surface area contributed by atoms with Gasteiger partial charge in [-0.3, -0.25) is 5.43 Å². The fraction of sp³-hybridized carbons (Fsp3) is 0.250. The highest BCUT2D eigenvalue weighted by Gasteiger charge is 2.32. The lowest BCUT2D eigenvalue weighted by atomic mass is 9.95. The van der Waals surface area contributed by atoms with Gasteiger partial charge in [-0.1, -0.05) is 29.8 Å². The Bertz CT molecular complexity index is 1640. The van der Waals surface area contributed by atoms with E-state index in [4.69, 9.17) is 35.8 Å². The summed E-state index contributed by atoms with van der Waals surface area (Å²) in [4.78, 5) is 24.6. The van der Waals surface area contributed by atoms with E-state index in [9.17, 15) is 14.7 Å². The second kappa shape index (κ2) is 15.5. The van der Waals surface area contributed by atoms with Crippen LogP contribution in [0, 0.1) is 11.3 Å². The molecule has 0 unspecified atom stereocenters. The number of aliphatic hydroxyl groups is 1. The number of hydrazone groups is 1. The van der Waals surface area contributed by atoms with E-state index in [1.54, 1.807) is 62.4 Å². The second-order valence-corrected chi connectivity index (χ2v) is 10.1. The molecule has 0 aromatic heterocycles. The smallest absolute Gasteiger partial charge is 0.337 e. The third-order valence-electron chi connectivity index (χ3n) is 6.55. The van der Waals surface area contributed by atoms with E-state index < -0.39 is 24.3 Å². The molecule has 1 heterocycles. The first-order valence-corrected chi connectivity index (χ1v) is 14.2. The summed E-state index contributed by atoms with van der Waals surface area (Å²) in [6, 6.07) is 17.9. The number of ether oxygens (including phenoxy) is 4. The van der Waals surface area contributed by atoms with Gasteiger partial charge in [0.2, 0.25) is 0 Å². The minimum atomic E-state index is -1.20. The predicted octanol–water partition coefficient (Wildman–Crippen LogP) is 4.31. The number of nitrogens with one attached hydrogen (secondary N) is 3. The number of allylic oxidation sites excluding steroid dienone is 1. The first-order valence-electron chi connectivity index (χ1n) is 13.9. The van der Waals surface area contributed by atoms with Gasteiger partial charge in [0.15, 0.2) is 17.7 Å². The molecule has 0 radical (unpaired) electrons. The van der Waals surface area contributed by atoms with E-state index in [-0.39, 0.29) is 18.8 Å². The first kappa shape index (κ1) is 32.7. The summed E-state index contributed by atoms with van der Waals surface area (Å²) >= 11 is 6.17. The van der Waals surface area contributed by atoms with E-state index in [2.05, 4.69) is 27.2 Å². The van der Waals surface area contributed by atoms with Crippen molar-refractivity contribution in [1.82, 2.24) is 16.1 Å². The van der Waals surface area contributed by atoms with Gasteiger partial charge in [0.1, 0.15) is 19.0 Å². The van der Waals surface area contributed by atoms with Crippen molar-refractivity contribution in [3.63, 3.8) is 0 Å². The number of aliphatic hydroxyl groups excluding tert-OH is 1. The summed E-state index contributed by atoms with van der Waals surface area (Å²) < 4.78 is 22.4. The van der Waals surface area contributed by atoms with E-state index in [0.29, 0.717) is 51.3 Å². The molecule has 3 aromatic rings. The van der Waals surface area contributed by atoms with Crippen LogP contribution in [0.15, 0.2) is 77.0 Å². The quantitative estimate of drug-likeness (QED) is 0.0929. The molecule has 234 valence electrons. The Morgan fingerprint density at radius 3 is 2.58 bits per heavy atom. The lowest BCUT2D eigenvalue weighted by Gasteiger charge is -2.28. The van der Waals surface area contributed by atoms with Gasteiger partial charge in [0.25, 0.3) is 0 Å². The number of carbonyl (C=O) groups excluding carboxylic acids is 2. The number of urea groups is 1. The standard InChI is InChI=1S/C32H32ClN5O7/c1-4-43-27-14-22(30-29(31(40)42-3)19(2)36-32(41)37-30)9-11-26(27)45-18-28(39)38-35-16-23-13-24(33)10-12-25(23)44-17-21-7-5-20(15-34)6-8-21/h5-14,16,28,30,38-39H,4,17-18H2,1-3H3,(H2,36,37,41)/b35-16+/t28-,30+/m1/s1. The van der Waals surface area contributed by atoms with Crippen LogP contribution in [-0.4, -0.2) is 49.9 Å². The van der Waals surface area contributed by atoms with Gasteiger partial charge in [0.05, 0.1) is 43.2 Å². The number of nitrogens with zero attached hydrogens (tertiary/aromatic N) is 2. The molecule has 12 nitrogen and oxygen atoms in total. The van der Waals surface area contributed by atoms with Crippen molar-refractivity contribution in [2.75, 3.05) is 20.3 Å². The molecular formula is C32H32ClN5O7. The van der Waals surface area contributed by atoms with Gasteiger partial charge in [-0.05, 0) is 67.4 Å². The third-order valence-corrected chi connectivity index (χ3v) is 6.78. The minimum Gasteiger partial charge on any atom is -0.490 e. The molecule has 0 saturated carbocycles. The SMILES string of the molecule is CCOc1cc([C@@H]2NC(=O)NC(C)=C2C(=O)OC)ccc1OC[C@@H](O)N/N=C/c1cc(Cl)ccc1OCc1ccc(C#N)cc1. The Labute approximate surface area is 265 Å². The van der Waals surface area contributed by atoms with Crippen LogP contribution in [0.5, 0.6) is 17.2 Å². The summed E-state index contributed by atoms with van der Waals surface area (Å²) in [5.41, 5.74) is 5.83. The van der Waals surface area contributed by atoms with E-state index >= 15 is 0 Å². The maximum absolute atomic E-state index is 12.5. The van der Waals surface area contributed by atoms with Gasteiger partial charge in [-0.25, -0.2) is 9.59 Å². The number of hydrogen-bond donors (Lipinski definition) is 4. The molecule has 0 saturated heterocycles. The fourth-order valence-corrected chi connectivity index (χ4v) is 4.58. The van der Waals surface area contributed by atoms with E-state index in [0.717, 1.165) is 5.56 Å². The average Bonchev–Trinajstić information content (AvgIpc) is 3.03. The number of amides is 2. The Hall–Kier alpha value is -5.25. The predicted molar refractivity (Wildman–Crippen MR) is 166 cm³/mol. The van der Waals surface area contributed by atoms with Crippen molar-refractivity contribution in [3.8, 4) is 23.3 Å². The number of nitriles is 1. The molecule has 1 aliphatic heterocycles. The molecule has 4 N–H and O–H groups in total. The summed E-state index contributed by atoms with van der Waals surface area (Å²) in [6.45, 7) is 3.81. The molecule has 0 bridgehead atoms. The Morgan fingerprint density at radius 1 is 1.11 bits per heavy atom. The Balaban J connectivity index is 1.40. The van der Waals surface area contributed by atoms with Gasteiger partial charge in [-0.2, -0.15) is 10.4 Å². The number of hydrogen-bond acceptors (Lipinski definition) is 10. The molecule has 13 heteroatoms. The maximum Gasteiger partial charge on any atom is 0.337 e. The van der Waals surface area contributed by atoms with Gasteiger partial charge >= 0.3 is 12.0 Å². The van der Waals surface area contributed by atoms with Crippen molar-refractivity contribution >= 4 is 29.8 Å². The maximum atomic E-state index is 12.5. The number of esters is 1. The number of methoxy groups -OCH3 is 1. The molecule has 4 rings (SSSR count). The largest absolute Gasteiger partial charge is 0.490 e. The number of carbonyl (C=O) groups is 2. The van der Waals surface area contributed by atoms with Crippen molar-refractivity contribution in [3.05, 3.63) is 99.2 Å². The van der Waals surface area contributed by atoms with Crippen LogP contribution in [0.1, 0.15) is 42.1 Å². The van der Waals surface area contributed by atoms with Crippen molar-refractivity contribution in [2.45, 2.75) is 32.7 Å². The number of rotatable bonds is 13. The summed E-state index contributed by atoms with van der Waals surface area (Å²) in [5, 5.41) is 29.4.